The van der Waals surface area contributed by atoms with E-state index in [2.05, 4.69) is 4.99 Å². The van der Waals surface area contributed by atoms with Gasteiger partial charge in [0, 0.05) is 11.6 Å². The Balaban J connectivity index is 2.24. The zero-order chi connectivity index (χ0) is 15.0. The van der Waals surface area contributed by atoms with Gasteiger partial charge in [-0.2, -0.15) is 4.99 Å². The number of thiazole rings is 1. The van der Waals surface area contributed by atoms with E-state index in [1.165, 1.54) is 22.7 Å². The Labute approximate surface area is 135 Å². The number of rotatable bonds is 2. The van der Waals surface area contributed by atoms with Gasteiger partial charge in [0.1, 0.15) is 0 Å². The maximum atomic E-state index is 12.2. The van der Waals surface area contributed by atoms with Crippen molar-refractivity contribution in [3.63, 3.8) is 0 Å². The predicted molar refractivity (Wildman–Crippen MR) is 89.4 cm³/mol. The van der Waals surface area contributed by atoms with Crippen LogP contribution in [-0.4, -0.2) is 10.5 Å². The first-order valence-electron chi connectivity index (χ1n) is 6.52. The summed E-state index contributed by atoms with van der Waals surface area (Å²) in [6.45, 7) is 4.79. The van der Waals surface area contributed by atoms with E-state index in [1.807, 2.05) is 42.0 Å². The number of hydrogen-bond acceptors (Lipinski definition) is 3. The van der Waals surface area contributed by atoms with E-state index in [1.54, 1.807) is 6.07 Å². The number of aromatic nitrogens is 1. The molecule has 108 valence electrons. The van der Waals surface area contributed by atoms with Gasteiger partial charge < -0.3 is 4.57 Å². The van der Waals surface area contributed by atoms with Gasteiger partial charge in [0.25, 0.3) is 5.91 Å². The first kappa shape index (κ1) is 14.5. The van der Waals surface area contributed by atoms with Crippen LogP contribution in [0.5, 0.6) is 0 Å². The van der Waals surface area contributed by atoms with Gasteiger partial charge in [-0.05, 0) is 43.0 Å². The molecule has 21 heavy (non-hydrogen) atoms. The molecule has 0 aliphatic rings. The summed E-state index contributed by atoms with van der Waals surface area (Å²) >= 11 is 9.13. The van der Waals surface area contributed by atoms with Crippen molar-refractivity contribution < 1.29 is 4.79 Å². The van der Waals surface area contributed by atoms with Crippen LogP contribution in [0.15, 0.2) is 34.6 Å². The molecule has 0 bridgehead atoms. The predicted octanol–water partition coefficient (Wildman–Crippen LogP) is 4.49. The second kappa shape index (κ2) is 5.75. The van der Waals surface area contributed by atoms with E-state index in [0.717, 1.165) is 32.1 Å². The average Bonchev–Trinajstić information content (AvgIpc) is 3.10. The van der Waals surface area contributed by atoms with E-state index >= 15 is 0 Å². The van der Waals surface area contributed by atoms with Crippen LogP contribution < -0.4 is 4.80 Å². The summed E-state index contributed by atoms with van der Waals surface area (Å²) in [6.07, 6.45) is 0. The molecule has 1 aromatic carbocycles. The third-order valence-corrected chi connectivity index (χ3v) is 5.59. The molecule has 0 spiro atoms. The van der Waals surface area contributed by atoms with Crippen LogP contribution in [0.25, 0.3) is 10.2 Å². The zero-order valence-electron chi connectivity index (χ0n) is 11.6. The second-order valence-corrected chi connectivity index (χ2v) is 6.91. The molecule has 0 radical (unpaired) electrons. The Morgan fingerprint density at radius 1 is 1.38 bits per heavy atom. The van der Waals surface area contributed by atoms with Crippen LogP contribution in [-0.2, 0) is 6.54 Å². The molecular formula is C15H13ClN2OS2. The standard InChI is InChI=1S/C15H13ClN2OS2/c1-3-18-13-9(2)10(16)6-7-11(13)21-15(18)17-14(19)12-5-4-8-20-12/h4-8H,3H2,1-2H3. The molecule has 3 nitrogen and oxygen atoms in total. The van der Waals surface area contributed by atoms with Crippen molar-refractivity contribution in [1.29, 1.82) is 0 Å². The number of hydrogen-bond donors (Lipinski definition) is 0. The van der Waals surface area contributed by atoms with Crippen molar-refractivity contribution in [3.8, 4) is 0 Å². The van der Waals surface area contributed by atoms with Gasteiger partial charge in [-0.3, -0.25) is 4.79 Å². The fraction of sp³-hybridized carbons (Fsp3) is 0.200. The molecule has 1 amide bonds. The lowest BCUT2D eigenvalue weighted by Gasteiger charge is -2.04. The molecule has 3 rings (SSSR count). The van der Waals surface area contributed by atoms with E-state index in [4.69, 9.17) is 11.6 Å². The van der Waals surface area contributed by atoms with Crippen LogP contribution in [0.2, 0.25) is 5.02 Å². The van der Waals surface area contributed by atoms with Gasteiger partial charge >= 0.3 is 0 Å². The number of carbonyl (C=O) groups is 1. The molecule has 0 saturated carbocycles. The normalized spacial score (nSPS) is 12.2. The van der Waals surface area contributed by atoms with Crippen LogP contribution in [0.4, 0.5) is 0 Å². The molecule has 0 N–H and O–H groups in total. The topological polar surface area (TPSA) is 34.4 Å². The van der Waals surface area contributed by atoms with Crippen molar-refractivity contribution >= 4 is 50.4 Å². The minimum absolute atomic E-state index is 0.192. The highest BCUT2D eigenvalue weighted by Gasteiger charge is 2.12. The summed E-state index contributed by atoms with van der Waals surface area (Å²) in [6, 6.07) is 7.52. The van der Waals surface area contributed by atoms with Gasteiger partial charge in [0.15, 0.2) is 4.80 Å². The van der Waals surface area contributed by atoms with E-state index in [0.29, 0.717) is 4.88 Å². The molecule has 0 unspecified atom stereocenters. The number of nitrogens with zero attached hydrogens (tertiary/aromatic N) is 2. The smallest absolute Gasteiger partial charge is 0.289 e. The van der Waals surface area contributed by atoms with E-state index < -0.39 is 0 Å². The number of carbonyl (C=O) groups excluding carboxylic acids is 1. The quantitative estimate of drug-likeness (QED) is 0.679. The lowest BCUT2D eigenvalue weighted by atomic mass is 10.2. The summed E-state index contributed by atoms with van der Waals surface area (Å²) < 4.78 is 3.14. The summed E-state index contributed by atoms with van der Waals surface area (Å²) in [7, 11) is 0. The number of fused-ring (bicyclic) bond motifs is 1. The van der Waals surface area contributed by atoms with Crippen LogP contribution >= 0.6 is 34.3 Å². The SMILES string of the molecule is CCn1c(=NC(=O)c2cccs2)sc2ccc(Cl)c(C)c21. The minimum atomic E-state index is -0.192. The highest BCUT2D eigenvalue weighted by atomic mass is 35.5. The summed E-state index contributed by atoms with van der Waals surface area (Å²) in [5.41, 5.74) is 2.09. The highest BCUT2D eigenvalue weighted by molar-refractivity contribution is 7.16. The maximum Gasteiger partial charge on any atom is 0.289 e. The van der Waals surface area contributed by atoms with E-state index in [9.17, 15) is 4.79 Å². The monoisotopic (exact) mass is 336 g/mol. The van der Waals surface area contributed by atoms with Crippen molar-refractivity contribution in [2.75, 3.05) is 0 Å². The first-order chi connectivity index (χ1) is 10.1. The maximum absolute atomic E-state index is 12.2. The van der Waals surface area contributed by atoms with Crippen LogP contribution in [0.3, 0.4) is 0 Å². The molecular weight excluding hydrogens is 324 g/mol. The second-order valence-electron chi connectivity index (χ2n) is 4.54. The fourth-order valence-electron chi connectivity index (χ4n) is 2.24. The third kappa shape index (κ3) is 2.57. The lowest BCUT2D eigenvalue weighted by Crippen LogP contribution is -2.16. The third-order valence-electron chi connectivity index (χ3n) is 3.28. The Hall–Kier alpha value is -1.43. The number of amides is 1. The summed E-state index contributed by atoms with van der Waals surface area (Å²) in [4.78, 5) is 17.8. The first-order valence-corrected chi connectivity index (χ1v) is 8.60. The number of halogens is 1. The largest absolute Gasteiger partial charge is 0.316 e. The van der Waals surface area contributed by atoms with Gasteiger partial charge in [0.05, 0.1) is 15.1 Å². The molecule has 0 aliphatic heterocycles. The Morgan fingerprint density at radius 3 is 2.86 bits per heavy atom. The number of aryl methyl sites for hydroxylation is 2. The molecule has 0 aliphatic carbocycles. The fourth-order valence-corrected chi connectivity index (χ4v) is 4.15. The molecule has 2 aromatic heterocycles. The number of thiophene rings is 1. The van der Waals surface area contributed by atoms with Crippen molar-refractivity contribution in [3.05, 3.63) is 49.9 Å². The van der Waals surface area contributed by atoms with Crippen molar-refractivity contribution in [1.82, 2.24) is 4.57 Å². The number of benzene rings is 1. The zero-order valence-corrected chi connectivity index (χ0v) is 14.0. The Bertz CT molecular complexity index is 875. The Morgan fingerprint density at radius 2 is 2.19 bits per heavy atom. The molecule has 0 fully saturated rings. The average molecular weight is 337 g/mol. The van der Waals surface area contributed by atoms with Gasteiger partial charge in [0.2, 0.25) is 0 Å². The van der Waals surface area contributed by atoms with Crippen LogP contribution in [0.1, 0.15) is 22.2 Å². The lowest BCUT2D eigenvalue weighted by molar-refractivity contribution is 0.100. The van der Waals surface area contributed by atoms with Crippen LogP contribution in [0, 0.1) is 6.92 Å². The summed E-state index contributed by atoms with van der Waals surface area (Å²) in [5.74, 6) is -0.192. The minimum Gasteiger partial charge on any atom is -0.316 e. The van der Waals surface area contributed by atoms with Gasteiger partial charge in [-0.25, -0.2) is 0 Å². The van der Waals surface area contributed by atoms with Gasteiger partial charge in [-0.1, -0.05) is 29.0 Å². The van der Waals surface area contributed by atoms with Crippen molar-refractivity contribution in [2.45, 2.75) is 20.4 Å². The molecule has 2 heterocycles. The van der Waals surface area contributed by atoms with Gasteiger partial charge in [-0.15, -0.1) is 11.3 Å². The summed E-state index contributed by atoms with van der Waals surface area (Å²) in [5, 5.41) is 2.62. The Kier molecular flexibility index (Phi) is 3.97. The highest BCUT2D eigenvalue weighted by Crippen LogP contribution is 2.27. The molecule has 0 saturated heterocycles. The molecule has 3 aromatic rings. The molecule has 0 atom stereocenters. The van der Waals surface area contributed by atoms with Crippen molar-refractivity contribution in [2.24, 2.45) is 4.99 Å². The molecule has 6 heteroatoms. The van der Waals surface area contributed by atoms with E-state index in [-0.39, 0.29) is 5.91 Å².